The number of carbonyl (C=O) groups excluding carboxylic acids is 1. The highest BCUT2D eigenvalue weighted by molar-refractivity contribution is 7.91. The Bertz CT molecular complexity index is 1310. The predicted molar refractivity (Wildman–Crippen MR) is 143 cm³/mol. The number of nitrogens with zero attached hydrogens (tertiary/aromatic N) is 4. The summed E-state index contributed by atoms with van der Waals surface area (Å²) in [5.41, 5.74) is 2.03. The Balaban J connectivity index is 1.36. The van der Waals surface area contributed by atoms with Gasteiger partial charge in [0.25, 0.3) is 5.91 Å². The molecule has 0 spiro atoms. The van der Waals surface area contributed by atoms with E-state index in [9.17, 15) is 13.2 Å². The number of ether oxygens (including phenoxy) is 1. The summed E-state index contributed by atoms with van der Waals surface area (Å²) in [7, 11) is -1.61. The largest absolute Gasteiger partial charge is 0.383 e. The zero-order valence-corrected chi connectivity index (χ0v) is 21.9. The Labute approximate surface area is 217 Å². The van der Waals surface area contributed by atoms with E-state index < -0.39 is 9.84 Å². The maximum absolute atomic E-state index is 12.9. The van der Waals surface area contributed by atoms with E-state index in [4.69, 9.17) is 4.74 Å². The van der Waals surface area contributed by atoms with Crippen molar-refractivity contribution in [2.75, 3.05) is 62.8 Å². The zero-order chi connectivity index (χ0) is 26.3. The second-order valence-electron chi connectivity index (χ2n) is 8.67. The van der Waals surface area contributed by atoms with E-state index >= 15 is 0 Å². The lowest BCUT2D eigenvalue weighted by molar-refractivity contribution is 0.0594. The predicted octanol–water partition coefficient (Wildman–Crippen LogP) is 3.16. The van der Waals surface area contributed by atoms with Crippen LogP contribution in [0.3, 0.4) is 0 Å². The minimum absolute atomic E-state index is 0.0266. The molecule has 1 fully saturated rings. The molecule has 2 heterocycles. The van der Waals surface area contributed by atoms with Gasteiger partial charge in [-0.05, 0) is 42.5 Å². The van der Waals surface area contributed by atoms with Crippen molar-refractivity contribution in [3.05, 3.63) is 66.5 Å². The van der Waals surface area contributed by atoms with Crippen molar-refractivity contribution in [2.24, 2.45) is 0 Å². The van der Waals surface area contributed by atoms with E-state index in [1.165, 1.54) is 6.33 Å². The molecule has 2 N–H and O–H groups in total. The number of aromatic nitrogens is 2. The van der Waals surface area contributed by atoms with Crippen LogP contribution in [0.2, 0.25) is 0 Å². The minimum Gasteiger partial charge on any atom is -0.383 e. The number of amides is 1. The van der Waals surface area contributed by atoms with E-state index in [1.54, 1.807) is 44.4 Å². The Morgan fingerprint density at radius 1 is 0.946 bits per heavy atom. The fraction of sp³-hybridized carbons (Fsp3) is 0.346. The summed E-state index contributed by atoms with van der Waals surface area (Å²) in [6, 6.07) is 15.7. The monoisotopic (exact) mass is 524 g/mol. The number of sulfone groups is 1. The molecular weight excluding hydrogens is 492 g/mol. The van der Waals surface area contributed by atoms with Crippen LogP contribution in [0, 0.1) is 0 Å². The Morgan fingerprint density at radius 2 is 1.62 bits per heavy atom. The molecule has 10 nitrogen and oxygen atoms in total. The van der Waals surface area contributed by atoms with Crippen molar-refractivity contribution in [3.8, 4) is 0 Å². The summed E-state index contributed by atoms with van der Waals surface area (Å²) in [4.78, 5) is 25.8. The maximum atomic E-state index is 12.9. The molecule has 2 aromatic carbocycles. The fourth-order valence-corrected chi connectivity index (χ4v) is 4.92. The first kappa shape index (κ1) is 26.5. The maximum Gasteiger partial charge on any atom is 0.253 e. The van der Waals surface area contributed by atoms with Crippen molar-refractivity contribution < 1.29 is 17.9 Å². The van der Waals surface area contributed by atoms with Gasteiger partial charge in [-0.1, -0.05) is 13.0 Å². The molecule has 1 saturated heterocycles. The molecule has 37 heavy (non-hydrogen) atoms. The van der Waals surface area contributed by atoms with Crippen LogP contribution in [0.1, 0.15) is 17.3 Å². The molecule has 11 heteroatoms. The molecule has 196 valence electrons. The lowest BCUT2D eigenvalue weighted by Crippen LogP contribution is -2.49. The molecule has 1 amide bonds. The first-order valence-corrected chi connectivity index (χ1v) is 13.8. The molecule has 1 aromatic heterocycles. The van der Waals surface area contributed by atoms with Crippen molar-refractivity contribution in [3.63, 3.8) is 0 Å². The van der Waals surface area contributed by atoms with Crippen LogP contribution >= 0.6 is 0 Å². The summed E-state index contributed by atoms with van der Waals surface area (Å²) in [6.07, 6.45) is 1.42. The van der Waals surface area contributed by atoms with Gasteiger partial charge in [0.05, 0.1) is 17.3 Å². The van der Waals surface area contributed by atoms with Crippen LogP contribution in [-0.2, 0) is 14.6 Å². The number of hydrogen-bond acceptors (Lipinski definition) is 9. The lowest BCUT2D eigenvalue weighted by atomic mass is 10.1. The van der Waals surface area contributed by atoms with Crippen LogP contribution < -0.4 is 10.6 Å². The van der Waals surface area contributed by atoms with E-state index in [0.717, 1.165) is 25.3 Å². The molecular formula is C26H32N6O4S. The van der Waals surface area contributed by atoms with Crippen LogP contribution in [0.25, 0.3) is 0 Å². The standard InChI is InChI=1S/C26H32N6O4S/c1-3-37(34,35)23-6-4-5-22(17-23)30-25-18-24(27-19-28-25)29-21-9-7-20(8-10-21)26(33)32-13-11-31(12-14-32)15-16-36-2/h4-10,17-19H,3,11-16H2,1-2H3,(H2,27,28,29,30). The van der Waals surface area contributed by atoms with Gasteiger partial charge in [-0.25, -0.2) is 18.4 Å². The number of rotatable bonds is 10. The van der Waals surface area contributed by atoms with E-state index in [0.29, 0.717) is 42.6 Å². The van der Waals surface area contributed by atoms with Gasteiger partial charge in [0.1, 0.15) is 18.0 Å². The van der Waals surface area contributed by atoms with Crippen molar-refractivity contribution in [2.45, 2.75) is 11.8 Å². The van der Waals surface area contributed by atoms with Crippen molar-refractivity contribution in [1.29, 1.82) is 0 Å². The Morgan fingerprint density at radius 3 is 2.27 bits per heavy atom. The average Bonchev–Trinajstić information content (AvgIpc) is 2.92. The zero-order valence-electron chi connectivity index (χ0n) is 21.1. The van der Waals surface area contributed by atoms with Crippen LogP contribution in [0.15, 0.2) is 65.8 Å². The van der Waals surface area contributed by atoms with Crippen LogP contribution in [0.4, 0.5) is 23.0 Å². The Kier molecular flexibility index (Phi) is 8.70. The summed E-state index contributed by atoms with van der Waals surface area (Å²) < 4.78 is 29.5. The molecule has 0 atom stereocenters. The van der Waals surface area contributed by atoms with Gasteiger partial charge in [-0.2, -0.15) is 0 Å². The van der Waals surface area contributed by atoms with Gasteiger partial charge in [-0.3, -0.25) is 9.69 Å². The highest BCUT2D eigenvalue weighted by atomic mass is 32.2. The lowest BCUT2D eigenvalue weighted by Gasteiger charge is -2.34. The summed E-state index contributed by atoms with van der Waals surface area (Å²) >= 11 is 0. The number of carbonyl (C=O) groups is 1. The molecule has 1 aliphatic rings. The minimum atomic E-state index is -3.30. The second-order valence-corrected chi connectivity index (χ2v) is 11.0. The normalized spacial score (nSPS) is 14.4. The molecule has 3 aromatic rings. The van der Waals surface area contributed by atoms with Gasteiger partial charge < -0.3 is 20.3 Å². The van der Waals surface area contributed by atoms with E-state index in [2.05, 4.69) is 25.5 Å². The number of benzene rings is 2. The number of nitrogens with one attached hydrogen (secondary N) is 2. The van der Waals surface area contributed by atoms with Gasteiger partial charge in [0.15, 0.2) is 9.84 Å². The smallest absolute Gasteiger partial charge is 0.253 e. The molecule has 0 aliphatic carbocycles. The van der Waals surface area contributed by atoms with E-state index in [-0.39, 0.29) is 16.6 Å². The molecule has 1 aliphatic heterocycles. The van der Waals surface area contributed by atoms with Gasteiger partial charge >= 0.3 is 0 Å². The highest BCUT2D eigenvalue weighted by Gasteiger charge is 2.22. The van der Waals surface area contributed by atoms with Gasteiger partial charge in [0.2, 0.25) is 0 Å². The molecule has 0 saturated carbocycles. The van der Waals surface area contributed by atoms with Crippen molar-refractivity contribution in [1.82, 2.24) is 19.8 Å². The molecule has 4 rings (SSSR count). The summed E-state index contributed by atoms with van der Waals surface area (Å²) in [5.74, 6) is 1.13. The fourth-order valence-electron chi connectivity index (χ4n) is 4.00. The summed E-state index contributed by atoms with van der Waals surface area (Å²) in [5, 5.41) is 6.34. The van der Waals surface area contributed by atoms with Gasteiger partial charge in [0, 0.05) is 62.8 Å². The van der Waals surface area contributed by atoms with Crippen molar-refractivity contribution >= 4 is 38.8 Å². The quantitative estimate of drug-likeness (QED) is 0.412. The first-order valence-electron chi connectivity index (χ1n) is 12.2. The summed E-state index contributed by atoms with van der Waals surface area (Å²) in [6.45, 7) is 6.29. The first-order chi connectivity index (χ1) is 17.9. The SMILES string of the molecule is CCS(=O)(=O)c1cccc(Nc2cc(Nc3ccc(C(=O)N4CCN(CCOC)CC4)cc3)ncn2)c1. The number of hydrogen-bond donors (Lipinski definition) is 2. The third-order valence-corrected chi connectivity index (χ3v) is 7.92. The van der Waals surface area contributed by atoms with Crippen LogP contribution in [-0.4, -0.2) is 86.3 Å². The third kappa shape index (κ3) is 7.03. The average molecular weight is 525 g/mol. The molecule has 0 bridgehead atoms. The second kappa shape index (κ2) is 12.1. The molecule has 0 unspecified atom stereocenters. The number of methoxy groups -OCH3 is 1. The third-order valence-electron chi connectivity index (χ3n) is 6.19. The highest BCUT2D eigenvalue weighted by Crippen LogP contribution is 2.22. The number of piperazine rings is 1. The van der Waals surface area contributed by atoms with E-state index in [1.807, 2.05) is 29.2 Å². The number of anilines is 4. The Hall–Kier alpha value is -3.54. The topological polar surface area (TPSA) is 117 Å². The van der Waals surface area contributed by atoms with Gasteiger partial charge in [-0.15, -0.1) is 0 Å². The van der Waals surface area contributed by atoms with Crippen LogP contribution in [0.5, 0.6) is 0 Å². The molecule has 0 radical (unpaired) electrons.